The quantitative estimate of drug-likeness (QED) is 0.888. The minimum absolute atomic E-state index is 0.0549. The Labute approximate surface area is 126 Å². The number of hydrogen-bond donors (Lipinski definition) is 2. The van der Waals surface area contributed by atoms with E-state index in [9.17, 15) is 9.59 Å². The number of nitrogens with zero attached hydrogens (tertiary/aromatic N) is 1. The van der Waals surface area contributed by atoms with Gasteiger partial charge in [0.05, 0.1) is 29.2 Å². The first-order valence-corrected chi connectivity index (χ1v) is 7.30. The molecule has 0 fully saturated rings. The van der Waals surface area contributed by atoms with Crippen LogP contribution in [0.1, 0.15) is 31.5 Å². The molecule has 0 aliphatic rings. The molecule has 0 unspecified atom stereocenters. The highest BCUT2D eigenvalue weighted by Crippen LogP contribution is 2.16. The summed E-state index contributed by atoms with van der Waals surface area (Å²) in [6.07, 6.45) is 0.0549. The second kappa shape index (κ2) is 6.49. The van der Waals surface area contributed by atoms with Gasteiger partial charge in [-0.2, -0.15) is 0 Å². The number of hydrogen-bond acceptors (Lipinski definition) is 4. The van der Waals surface area contributed by atoms with Gasteiger partial charge in [0.15, 0.2) is 0 Å². The minimum atomic E-state index is -1.02. The molecule has 0 spiro atoms. The first-order chi connectivity index (χ1) is 9.97. The lowest BCUT2D eigenvalue weighted by Gasteiger charge is -2.07. The molecule has 1 amide bonds. The maximum Gasteiger partial charge on any atom is 0.335 e. The number of carboxylic acid groups (broad SMARTS) is 1. The number of amides is 1. The number of carbonyl (C=O) groups excluding carboxylic acids is 1. The van der Waals surface area contributed by atoms with Crippen molar-refractivity contribution in [3.63, 3.8) is 0 Å². The molecule has 6 heteroatoms. The Kier molecular flexibility index (Phi) is 4.70. The van der Waals surface area contributed by atoms with Crippen LogP contribution in [0.5, 0.6) is 0 Å². The predicted octanol–water partition coefficient (Wildman–Crippen LogP) is 2.32. The Hall–Kier alpha value is -2.21. The van der Waals surface area contributed by atoms with Gasteiger partial charge in [-0.1, -0.05) is 18.2 Å². The summed E-state index contributed by atoms with van der Waals surface area (Å²) in [5.74, 6) is -1.22. The van der Waals surface area contributed by atoms with Gasteiger partial charge in [-0.25, -0.2) is 9.78 Å². The van der Waals surface area contributed by atoms with Crippen molar-refractivity contribution in [1.82, 2.24) is 10.3 Å². The van der Waals surface area contributed by atoms with Crippen LogP contribution < -0.4 is 5.32 Å². The third-order valence-electron chi connectivity index (χ3n) is 3.04. The van der Waals surface area contributed by atoms with Crippen LogP contribution in [0.3, 0.4) is 0 Å². The highest BCUT2D eigenvalue weighted by atomic mass is 32.1. The Morgan fingerprint density at radius 3 is 2.62 bits per heavy atom. The molecule has 1 aromatic heterocycles. The highest BCUT2D eigenvalue weighted by Gasteiger charge is 2.13. The summed E-state index contributed by atoms with van der Waals surface area (Å²) in [5, 5.41) is 12.9. The third kappa shape index (κ3) is 3.88. The molecular formula is C15H16N2O3S. The summed E-state index contributed by atoms with van der Waals surface area (Å²) in [7, 11) is 0. The summed E-state index contributed by atoms with van der Waals surface area (Å²) in [4.78, 5) is 28.4. The van der Waals surface area contributed by atoms with E-state index in [-0.39, 0.29) is 17.9 Å². The molecule has 0 saturated carbocycles. The zero-order valence-electron chi connectivity index (χ0n) is 11.8. The number of rotatable bonds is 5. The molecule has 2 rings (SSSR count). The molecule has 110 valence electrons. The Bertz CT molecular complexity index is 679. The molecule has 5 nitrogen and oxygen atoms in total. The van der Waals surface area contributed by atoms with Crippen LogP contribution in [0.15, 0.2) is 24.3 Å². The number of thiazole rings is 1. The van der Waals surface area contributed by atoms with Gasteiger partial charge in [-0.15, -0.1) is 11.3 Å². The van der Waals surface area contributed by atoms with Crippen LogP contribution in [0.4, 0.5) is 0 Å². The van der Waals surface area contributed by atoms with Gasteiger partial charge < -0.3 is 10.4 Å². The van der Waals surface area contributed by atoms with Gasteiger partial charge in [-0.3, -0.25) is 4.79 Å². The fourth-order valence-electron chi connectivity index (χ4n) is 2.03. The average Bonchev–Trinajstić information content (AvgIpc) is 2.75. The van der Waals surface area contributed by atoms with E-state index >= 15 is 0 Å². The van der Waals surface area contributed by atoms with Gasteiger partial charge in [0.2, 0.25) is 5.91 Å². The molecule has 21 heavy (non-hydrogen) atoms. The molecule has 0 radical (unpaired) electrons. The Morgan fingerprint density at radius 2 is 2.00 bits per heavy atom. The molecule has 1 aromatic carbocycles. The number of benzene rings is 1. The number of carboxylic acids is 1. The molecule has 2 N–H and O–H groups in total. The topological polar surface area (TPSA) is 79.3 Å². The van der Waals surface area contributed by atoms with Gasteiger partial charge in [-0.05, 0) is 25.5 Å². The predicted molar refractivity (Wildman–Crippen MR) is 80.5 cm³/mol. The van der Waals surface area contributed by atoms with Crippen molar-refractivity contribution in [2.75, 3.05) is 0 Å². The molecule has 0 saturated heterocycles. The minimum Gasteiger partial charge on any atom is -0.478 e. The van der Waals surface area contributed by atoms with Crippen molar-refractivity contribution >= 4 is 23.2 Å². The Balaban J connectivity index is 1.99. The number of aromatic nitrogens is 1. The van der Waals surface area contributed by atoms with Crippen molar-refractivity contribution in [3.05, 3.63) is 51.0 Å². The molecule has 0 aliphatic carbocycles. The lowest BCUT2D eigenvalue weighted by atomic mass is 10.0. The first kappa shape index (κ1) is 15.2. The highest BCUT2D eigenvalue weighted by molar-refractivity contribution is 7.11. The van der Waals surface area contributed by atoms with Crippen molar-refractivity contribution < 1.29 is 14.7 Å². The third-order valence-corrected chi connectivity index (χ3v) is 4.12. The van der Waals surface area contributed by atoms with E-state index in [1.54, 1.807) is 29.5 Å². The van der Waals surface area contributed by atoms with Crippen molar-refractivity contribution in [2.45, 2.75) is 26.8 Å². The van der Waals surface area contributed by atoms with E-state index in [0.717, 1.165) is 15.6 Å². The van der Waals surface area contributed by atoms with Crippen molar-refractivity contribution in [2.24, 2.45) is 0 Å². The fraction of sp³-hybridized carbons (Fsp3) is 0.267. The van der Waals surface area contributed by atoms with E-state index in [2.05, 4.69) is 10.3 Å². The second-order valence-corrected chi connectivity index (χ2v) is 5.95. The van der Waals surface area contributed by atoms with Crippen LogP contribution >= 0.6 is 11.3 Å². The van der Waals surface area contributed by atoms with Crippen molar-refractivity contribution in [3.8, 4) is 0 Å². The number of aryl methyl sites for hydroxylation is 2. The van der Waals surface area contributed by atoms with E-state index < -0.39 is 5.97 Å². The van der Waals surface area contributed by atoms with Crippen LogP contribution in [-0.2, 0) is 17.8 Å². The zero-order chi connectivity index (χ0) is 15.4. The zero-order valence-corrected chi connectivity index (χ0v) is 12.7. The maximum atomic E-state index is 12.0. The lowest BCUT2D eigenvalue weighted by molar-refractivity contribution is -0.120. The number of carbonyl (C=O) groups is 2. The summed E-state index contributed by atoms with van der Waals surface area (Å²) in [5.41, 5.74) is 1.60. The summed E-state index contributed by atoms with van der Waals surface area (Å²) < 4.78 is 0. The number of aromatic carboxylic acids is 1. The first-order valence-electron chi connectivity index (χ1n) is 6.48. The van der Waals surface area contributed by atoms with Gasteiger partial charge in [0, 0.05) is 4.88 Å². The molecule has 0 bridgehead atoms. The molecule has 2 aromatic rings. The van der Waals surface area contributed by atoms with Gasteiger partial charge in [0.25, 0.3) is 0 Å². The van der Waals surface area contributed by atoms with E-state index in [1.807, 2.05) is 13.8 Å². The molecule has 0 aliphatic heterocycles. The molecule has 0 atom stereocenters. The molecule has 1 heterocycles. The maximum absolute atomic E-state index is 12.0. The standard InChI is InChI=1S/C15H16N2O3S/c1-9-13(21-10(2)17-9)8-16-14(18)7-11-5-3-4-6-12(11)15(19)20/h3-6H,7-8H2,1-2H3,(H,16,18)(H,19,20). The second-order valence-electron chi connectivity index (χ2n) is 4.66. The van der Waals surface area contributed by atoms with Gasteiger partial charge in [0.1, 0.15) is 0 Å². The Morgan fingerprint density at radius 1 is 1.29 bits per heavy atom. The van der Waals surface area contributed by atoms with Crippen LogP contribution in [0, 0.1) is 13.8 Å². The van der Waals surface area contributed by atoms with E-state index in [4.69, 9.17) is 5.11 Å². The average molecular weight is 304 g/mol. The van der Waals surface area contributed by atoms with Crippen LogP contribution in [-0.4, -0.2) is 22.0 Å². The summed E-state index contributed by atoms with van der Waals surface area (Å²) in [6, 6.07) is 6.53. The smallest absolute Gasteiger partial charge is 0.335 e. The van der Waals surface area contributed by atoms with Crippen LogP contribution in [0.25, 0.3) is 0 Å². The van der Waals surface area contributed by atoms with E-state index in [1.165, 1.54) is 6.07 Å². The SMILES string of the molecule is Cc1nc(C)c(CNC(=O)Cc2ccccc2C(=O)O)s1. The number of nitrogens with one attached hydrogen (secondary N) is 1. The lowest BCUT2D eigenvalue weighted by Crippen LogP contribution is -2.25. The summed E-state index contributed by atoms with van der Waals surface area (Å²) >= 11 is 1.55. The normalized spacial score (nSPS) is 10.4. The largest absolute Gasteiger partial charge is 0.478 e. The summed E-state index contributed by atoms with van der Waals surface area (Å²) in [6.45, 7) is 4.25. The van der Waals surface area contributed by atoms with Gasteiger partial charge >= 0.3 is 5.97 Å². The fourth-order valence-corrected chi connectivity index (χ4v) is 2.91. The molecular weight excluding hydrogens is 288 g/mol. The monoisotopic (exact) mass is 304 g/mol. The van der Waals surface area contributed by atoms with Crippen molar-refractivity contribution in [1.29, 1.82) is 0 Å². The van der Waals surface area contributed by atoms with E-state index in [0.29, 0.717) is 12.1 Å². The van der Waals surface area contributed by atoms with Crippen LogP contribution in [0.2, 0.25) is 0 Å².